The van der Waals surface area contributed by atoms with E-state index in [1.165, 1.54) is 6.08 Å². The van der Waals surface area contributed by atoms with Gasteiger partial charge in [0.15, 0.2) is 0 Å². The van der Waals surface area contributed by atoms with E-state index in [0.717, 1.165) is 20.8 Å². The Morgan fingerprint density at radius 1 is 0.897 bits per heavy atom. The van der Waals surface area contributed by atoms with Crippen LogP contribution in [-0.4, -0.2) is 17.8 Å². The van der Waals surface area contributed by atoms with Crippen molar-refractivity contribution in [3.05, 3.63) is 81.8 Å². The lowest BCUT2D eigenvalue weighted by Gasteiger charge is -2.15. The maximum absolute atomic E-state index is 12.0. The van der Waals surface area contributed by atoms with E-state index in [-0.39, 0.29) is 5.57 Å². The monoisotopic (exact) mass is 450 g/mol. The Balaban J connectivity index is 1.65. The summed E-state index contributed by atoms with van der Waals surface area (Å²) >= 11 is 3.39. The Bertz CT molecular complexity index is 1160. The number of barbiturate groups is 1. The van der Waals surface area contributed by atoms with Gasteiger partial charge in [-0.05, 0) is 40.6 Å². The molecule has 4 rings (SSSR count). The summed E-state index contributed by atoms with van der Waals surface area (Å²) in [6, 6.07) is 18.5. The molecular formula is C22H15BrN2O4. The molecular weight excluding hydrogens is 436 g/mol. The van der Waals surface area contributed by atoms with Crippen LogP contribution in [0, 0.1) is 0 Å². The number of ether oxygens (including phenoxy) is 1. The number of halogens is 1. The van der Waals surface area contributed by atoms with E-state index in [2.05, 4.69) is 26.6 Å². The predicted molar refractivity (Wildman–Crippen MR) is 112 cm³/mol. The molecule has 0 bridgehead atoms. The summed E-state index contributed by atoms with van der Waals surface area (Å²) in [5, 5.41) is 6.33. The second kappa shape index (κ2) is 7.89. The smallest absolute Gasteiger partial charge is 0.328 e. The van der Waals surface area contributed by atoms with Crippen molar-refractivity contribution in [1.82, 2.24) is 10.6 Å². The molecule has 7 heteroatoms. The van der Waals surface area contributed by atoms with Crippen molar-refractivity contribution >= 4 is 50.6 Å². The van der Waals surface area contributed by atoms with E-state index in [1.807, 2.05) is 48.5 Å². The normalized spacial score (nSPS) is 13.8. The number of imide groups is 2. The molecule has 0 saturated carbocycles. The maximum atomic E-state index is 12.0. The molecule has 0 radical (unpaired) electrons. The fourth-order valence-corrected chi connectivity index (χ4v) is 3.48. The Kier molecular flexibility index (Phi) is 5.14. The Hall–Kier alpha value is -3.45. The number of hydrogen-bond acceptors (Lipinski definition) is 4. The Morgan fingerprint density at radius 2 is 1.62 bits per heavy atom. The van der Waals surface area contributed by atoms with Crippen molar-refractivity contribution in [3.63, 3.8) is 0 Å². The van der Waals surface area contributed by atoms with Gasteiger partial charge in [0.05, 0.1) is 0 Å². The second-order valence-corrected chi connectivity index (χ2v) is 7.32. The van der Waals surface area contributed by atoms with Crippen LogP contribution in [0.5, 0.6) is 5.75 Å². The molecule has 144 valence electrons. The van der Waals surface area contributed by atoms with Crippen LogP contribution in [0.15, 0.2) is 70.7 Å². The summed E-state index contributed by atoms with van der Waals surface area (Å²) in [5.74, 6) is -0.997. The van der Waals surface area contributed by atoms with Gasteiger partial charge in [-0.2, -0.15) is 0 Å². The molecule has 2 N–H and O–H groups in total. The third kappa shape index (κ3) is 4.05. The molecule has 3 aromatic carbocycles. The summed E-state index contributed by atoms with van der Waals surface area (Å²) in [6.07, 6.45) is 1.40. The molecule has 1 fully saturated rings. The van der Waals surface area contributed by atoms with E-state index in [4.69, 9.17) is 4.74 Å². The minimum absolute atomic E-state index is 0.169. The van der Waals surface area contributed by atoms with Crippen LogP contribution in [0.2, 0.25) is 0 Å². The number of amides is 4. The van der Waals surface area contributed by atoms with Crippen LogP contribution in [0.25, 0.3) is 16.8 Å². The van der Waals surface area contributed by atoms with Crippen LogP contribution < -0.4 is 15.4 Å². The van der Waals surface area contributed by atoms with Crippen molar-refractivity contribution in [2.24, 2.45) is 0 Å². The third-order valence-electron chi connectivity index (χ3n) is 4.48. The lowest BCUT2D eigenvalue weighted by Crippen LogP contribution is -2.51. The first-order valence-corrected chi connectivity index (χ1v) is 9.58. The minimum atomic E-state index is -0.834. The molecule has 1 heterocycles. The van der Waals surface area contributed by atoms with Crippen molar-refractivity contribution in [2.45, 2.75) is 6.61 Å². The van der Waals surface area contributed by atoms with Gasteiger partial charge in [0.25, 0.3) is 11.8 Å². The van der Waals surface area contributed by atoms with E-state index in [0.29, 0.717) is 17.9 Å². The van der Waals surface area contributed by atoms with Gasteiger partial charge in [-0.15, -0.1) is 0 Å². The summed E-state index contributed by atoms with van der Waals surface area (Å²) < 4.78 is 6.78. The lowest BCUT2D eigenvalue weighted by atomic mass is 10.1. The van der Waals surface area contributed by atoms with Gasteiger partial charge in [-0.3, -0.25) is 20.2 Å². The maximum Gasteiger partial charge on any atom is 0.328 e. The molecule has 1 aliphatic rings. The second-order valence-electron chi connectivity index (χ2n) is 6.40. The number of benzene rings is 3. The van der Waals surface area contributed by atoms with Crippen LogP contribution in [-0.2, 0) is 16.2 Å². The van der Waals surface area contributed by atoms with Crippen LogP contribution in [0.1, 0.15) is 11.1 Å². The van der Waals surface area contributed by atoms with Crippen LogP contribution in [0.4, 0.5) is 4.79 Å². The fraction of sp³-hybridized carbons (Fsp3) is 0.0455. The van der Waals surface area contributed by atoms with Crippen LogP contribution >= 0.6 is 15.9 Å². The topological polar surface area (TPSA) is 84.5 Å². The molecule has 0 unspecified atom stereocenters. The largest absolute Gasteiger partial charge is 0.488 e. The summed E-state index contributed by atoms with van der Waals surface area (Å²) in [5.41, 5.74) is 1.38. The third-order valence-corrected chi connectivity index (χ3v) is 4.97. The highest BCUT2D eigenvalue weighted by Crippen LogP contribution is 2.28. The number of carbonyl (C=O) groups is 3. The van der Waals surface area contributed by atoms with Gasteiger partial charge >= 0.3 is 6.03 Å². The SMILES string of the molecule is O=C1NC(=O)C(=Cc2cc(Br)ccc2OCc2cccc3ccccc23)C(=O)N1. The molecule has 1 saturated heterocycles. The first-order valence-electron chi connectivity index (χ1n) is 8.78. The van der Waals surface area contributed by atoms with E-state index in [1.54, 1.807) is 12.1 Å². The molecule has 0 atom stereocenters. The number of hydrogen-bond donors (Lipinski definition) is 2. The lowest BCUT2D eigenvalue weighted by molar-refractivity contribution is -0.123. The minimum Gasteiger partial charge on any atom is -0.488 e. The van der Waals surface area contributed by atoms with E-state index < -0.39 is 17.8 Å². The standard InChI is InChI=1S/C22H15BrN2O4/c23-16-8-9-19(15(10-16)11-18-20(26)24-22(28)25-21(18)27)29-12-14-6-3-5-13-4-1-2-7-17(13)14/h1-11H,12H2,(H2,24,25,26,27,28). The molecule has 1 aliphatic heterocycles. The molecule has 29 heavy (non-hydrogen) atoms. The molecule has 0 aromatic heterocycles. The van der Waals surface area contributed by atoms with Gasteiger partial charge in [-0.25, -0.2) is 4.79 Å². The highest BCUT2D eigenvalue weighted by atomic mass is 79.9. The number of fused-ring (bicyclic) bond motifs is 1. The highest BCUT2D eigenvalue weighted by Gasteiger charge is 2.28. The first kappa shape index (κ1) is 18.9. The van der Waals surface area contributed by atoms with E-state index in [9.17, 15) is 14.4 Å². The highest BCUT2D eigenvalue weighted by molar-refractivity contribution is 9.10. The van der Waals surface area contributed by atoms with Crippen molar-refractivity contribution in [1.29, 1.82) is 0 Å². The average molecular weight is 451 g/mol. The molecule has 4 amide bonds. The Labute approximate surface area is 174 Å². The number of rotatable bonds is 4. The van der Waals surface area contributed by atoms with Crippen molar-refractivity contribution in [3.8, 4) is 5.75 Å². The number of nitrogens with one attached hydrogen (secondary N) is 2. The van der Waals surface area contributed by atoms with Crippen molar-refractivity contribution in [2.75, 3.05) is 0 Å². The summed E-state index contributed by atoms with van der Waals surface area (Å²) in [4.78, 5) is 35.3. The molecule has 0 aliphatic carbocycles. The van der Waals surface area contributed by atoms with E-state index >= 15 is 0 Å². The zero-order valence-corrected chi connectivity index (χ0v) is 16.7. The molecule has 3 aromatic rings. The number of carbonyl (C=O) groups excluding carboxylic acids is 3. The van der Waals surface area contributed by atoms with Crippen molar-refractivity contribution < 1.29 is 19.1 Å². The first-order chi connectivity index (χ1) is 14.0. The van der Waals surface area contributed by atoms with Gasteiger partial charge in [0.2, 0.25) is 0 Å². The Morgan fingerprint density at radius 3 is 2.41 bits per heavy atom. The summed E-state index contributed by atoms with van der Waals surface area (Å²) in [6.45, 7) is 0.316. The zero-order valence-electron chi connectivity index (χ0n) is 15.1. The zero-order chi connectivity index (χ0) is 20.4. The predicted octanol–water partition coefficient (Wildman–Crippen LogP) is 3.93. The molecule has 6 nitrogen and oxygen atoms in total. The average Bonchev–Trinajstić information content (AvgIpc) is 2.70. The van der Waals surface area contributed by atoms with Gasteiger partial charge in [-0.1, -0.05) is 58.4 Å². The molecule has 0 spiro atoms. The van der Waals surface area contributed by atoms with Gasteiger partial charge in [0.1, 0.15) is 17.9 Å². The summed E-state index contributed by atoms with van der Waals surface area (Å²) in [7, 11) is 0. The number of urea groups is 1. The van der Waals surface area contributed by atoms with Gasteiger partial charge < -0.3 is 4.74 Å². The fourth-order valence-electron chi connectivity index (χ4n) is 3.10. The van der Waals surface area contributed by atoms with Gasteiger partial charge in [0, 0.05) is 10.0 Å². The van der Waals surface area contributed by atoms with Crippen LogP contribution in [0.3, 0.4) is 0 Å². The quantitative estimate of drug-likeness (QED) is 0.465.